The molecule has 3 aromatic carbocycles. The van der Waals surface area contributed by atoms with Crippen LogP contribution in [0.1, 0.15) is 15.9 Å². The van der Waals surface area contributed by atoms with Crippen molar-refractivity contribution in [3.05, 3.63) is 82.9 Å². The van der Waals surface area contributed by atoms with E-state index in [2.05, 4.69) is 10.6 Å². The summed E-state index contributed by atoms with van der Waals surface area (Å²) in [4.78, 5) is 24.4. The number of urea groups is 1. The first-order chi connectivity index (χ1) is 14.7. The summed E-state index contributed by atoms with van der Waals surface area (Å²) < 4.78 is 45.5. The van der Waals surface area contributed by atoms with Gasteiger partial charge in [0.25, 0.3) is 5.91 Å². The van der Waals surface area contributed by atoms with Crippen molar-refractivity contribution in [2.45, 2.75) is 6.18 Å². The second-order valence-corrected chi connectivity index (χ2v) is 6.75. The van der Waals surface area contributed by atoms with Crippen LogP contribution in [-0.4, -0.2) is 19.0 Å². The summed E-state index contributed by atoms with van der Waals surface area (Å²) in [7, 11) is 1.33. The lowest BCUT2D eigenvalue weighted by atomic mass is 9.98. The highest BCUT2D eigenvalue weighted by Crippen LogP contribution is 2.41. The van der Waals surface area contributed by atoms with E-state index in [1.165, 1.54) is 55.6 Å². The first kappa shape index (κ1) is 22.2. The number of halogens is 4. The maximum absolute atomic E-state index is 13.4. The van der Waals surface area contributed by atoms with Crippen LogP contribution in [0.3, 0.4) is 0 Å². The van der Waals surface area contributed by atoms with Gasteiger partial charge in [-0.3, -0.25) is 10.1 Å². The van der Waals surface area contributed by atoms with Crippen molar-refractivity contribution < 1.29 is 27.5 Å². The number of carbonyl (C=O) groups excluding carboxylic acids is 2. The van der Waals surface area contributed by atoms with Crippen LogP contribution < -0.4 is 15.4 Å². The van der Waals surface area contributed by atoms with E-state index in [1.807, 2.05) is 0 Å². The van der Waals surface area contributed by atoms with Gasteiger partial charge in [-0.1, -0.05) is 41.9 Å². The molecule has 0 heterocycles. The molecule has 0 aliphatic rings. The quantitative estimate of drug-likeness (QED) is 0.514. The first-order valence-corrected chi connectivity index (χ1v) is 9.30. The minimum atomic E-state index is -4.58. The van der Waals surface area contributed by atoms with Crippen LogP contribution in [0.2, 0.25) is 5.02 Å². The van der Waals surface area contributed by atoms with Gasteiger partial charge in [0.1, 0.15) is 5.75 Å². The predicted octanol–water partition coefficient (Wildman–Crippen LogP) is 6.00. The summed E-state index contributed by atoms with van der Waals surface area (Å²) in [5.41, 5.74) is -0.552. The van der Waals surface area contributed by atoms with Gasteiger partial charge in [-0.2, -0.15) is 13.2 Å². The van der Waals surface area contributed by atoms with Crippen molar-refractivity contribution in [2.75, 3.05) is 12.4 Å². The third-order valence-corrected chi connectivity index (χ3v) is 4.66. The van der Waals surface area contributed by atoms with Crippen molar-refractivity contribution in [3.63, 3.8) is 0 Å². The molecule has 0 aromatic heterocycles. The number of amides is 3. The molecule has 5 nitrogen and oxygen atoms in total. The molecule has 3 amide bonds. The number of nitrogens with one attached hydrogen (secondary N) is 2. The number of carbonyl (C=O) groups is 2. The SMILES string of the molecule is COc1ccc(NC(=O)NC(=O)c2ccccc2Cl)cc1-c1ccccc1C(F)(F)F. The second-order valence-electron chi connectivity index (χ2n) is 6.35. The van der Waals surface area contributed by atoms with E-state index in [4.69, 9.17) is 16.3 Å². The van der Waals surface area contributed by atoms with Crippen molar-refractivity contribution in [1.82, 2.24) is 5.32 Å². The number of ether oxygens (including phenoxy) is 1. The average molecular weight is 449 g/mol. The standard InChI is InChI=1S/C22H16ClF3N2O3/c1-31-19-11-10-13(12-16(19)14-6-2-4-8-17(14)22(24,25)26)27-21(30)28-20(29)15-7-3-5-9-18(15)23/h2-12H,1H3,(H2,27,28,29,30). The Morgan fingerprint density at radius 3 is 2.29 bits per heavy atom. The molecular weight excluding hydrogens is 433 g/mol. The van der Waals surface area contributed by atoms with Gasteiger partial charge >= 0.3 is 12.2 Å². The Balaban J connectivity index is 1.87. The molecule has 0 saturated heterocycles. The van der Waals surface area contributed by atoms with Gasteiger partial charge in [0, 0.05) is 11.3 Å². The van der Waals surface area contributed by atoms with Crippen LogP contribution >= 0.6 is 11.6 Å². The number of alkyl halides is 3. The highest BCUT2D eigenvalue weighted by molar-refractivity contribution is 6.34. The molecule has 31 heavy (non-hydrogen) atoms. The Labute approximate surface area is 180 Å². The molecule has 3 rings (SSSR count). The van der Waals surface area contributed by atoms with Crippen molar-refractivity contribution in [2.24, 2.45) is 0 Å². The lowest BCUT2D eigenvalue weighted by Gasteiger charge is -2.16. The Kier molecular flexibility index (Phi) is 6.50. The molecule has 0 fully saturated rings. The van der Waals surface area contributed by atoms with E-state index in [0.29, 0.717) is 0 Å². The Morgan fingerprint density at radius 1 is 0.935 bits per heavy atom. The van der Waals surface area contributed by atoms with E-state index in [-0.39, 0.29) is 33.1 Å². The Morgan fingerprint density at radius 2 is 1.61 bits per heavy atom. The third-order valence-electron chi connectivity index (χ3n) is 4.33. The number of benzene rings is 3. The molecule has 2 N–H and O–H groups in total. The predicted molar refractivity (Wildman–Crippen MR) is 111 cm³/mol. The molecule has 0 saturated carbocycles. The first-order valence-electron chi connectivity index (χ1n) is 8.92. The maximum atomic E-state index is 13.4. The molecule has 160 valence electrons. The molecule has 0 bridgehead atoms. The van der Waals surface area contributed by atoms with Crippen LogP contribution in [0.15, 0.2) is 66.7 Å². The third kappa shape index (κ3) is 5.16. The molecule has 0 aliphatic carbocycles. The van der Waals surface area contributed by atoms with E-state index < -0.39 is 23.7 Å². The van der Waals surface area contributed by atoms with Crippen LogP contribution in [-0.2, 0) is 6.18 Å². The summed E-state index contributed by atoms with van der Waals surface area (Å²) in [6.07, 6.45) is -4.58. The summed E-state index contributed by atoms with van der Waals surface area (Å²) in [5.74, 6) is -0.533. The van der Waals surface area contributed by atoms with E-state index in [0.717, 1.165) is 6.07 Å². The molecule has 0 spiro atoms. The van der Waals surface area contributed by atoms with Gasteiger partial charge in [-0.05, 0) is 42.0 Å². The molecule has 9 heteroatoms. The highest BCUT2D eigenvalue weighted by atomic mass is 35.5. The second kappa shape index (κ2) is 9.09. The van der Waals surface area contributed by atoms with Crippen molar-refractivity contribution >= 4 is 29.2 Å². The van der Waals surface area contributed by atoms with Gasteiger partial charge < -0.3 is 10.1 Å². The highest BCUT2D eigenvalue weighted by Gasteiger charge is 2.34. The van der Waals surface area contributed by atoms with E-state index in [1.54, 1.807) is 12.1 Å². The molecule has 0 atom stereocenters. The molecule has 0 radical (unpaired) electrons. The van der Waals surface area contributed by atoms with E-state index >= 15 is 0 Å². The average Bonchev–Trinajstić information content (AvgIpc) is 2.73. The number of imide groups is 1. The zero-order valence-corrected chi connectivity index (χ0v) is 16.8. The Bertz CT molecular complexity index is 1130. The van der Waals surface area contributed by atoms with Gasteiger partial charge in [0.05, 0.1) is 23.3 Å². The fraction of sp³-hybridized carbons (Fsp3) is 0.0909. The maximum Gasteiger partial charge on any atom is 0.417 e. The summed E-state index contributed by atoms with van der Waals surface area (Å²) in [6, 6.07) is 14.5. The monoisotopic (exact) mass is 448 g/mol. The number of hydrogen-bond acceptors (Lipinski definition) is 3. The number of rotatable bonds is 4. The van der Waals surface area contributed by atoms with Gasteiger partial charge in [0.15, 0.2) is 0 Å². The smallest absolute Gasteiger partial charge is 0.417 e. The summed E-state index contributed by atoms with van der Waals surface area (Å²) in [6.45, 7) is 0. The molecule has 3 aromatic rings. The zero-order chi connectivity index (χ0) is 22.6. The number of anilines is 1. The Hall–Kier alpha value is -3.52. The molecule has 0 unspecified atom stereocenters. The zero-order valence-electron chi connectivity index (χ0n) is 16.1. The lowest BCUT2D eigenvalue weighted by Crippen LogP contribution is -2.34. The van der Waals surface area contributed by atoms with Gasteiger partial charge in [-0.25, -0.2) is 4.79 Å². The number of hydrogen-bond donors (Lipinski definition) is 2. The van der Waals surface area contributed by atoms with Crippen LogP contribution in [0.4, 0.5) is 23.7 Å². The molecular formula is C22H16ClF3N2O3. The fourth-order valence-corrected chi connectivity index (χ4v) is 3.16. The normalized spacial score (nSPS) is 11.0. The lowest BCUT2D eigenvalue weighted by molar-refractivity contribution is -0.137. The van der Waals surface area contributed by atoms with Crippen molar-refractivity contribution in [1.29, 1.82) is 0 Å². The fourth-order valence-electron chi connectivity index (χ4n) is 2.94. The minimum absolute atomic E-state index is 0.105. The van der Waals surface area contributed by atoms with Gasteiger partial charge in [0.2, 0.25) is 0 Å². The molecule has 0 aliphatic heterocycles. The van der Waals surface area contributed by atoms with Gasteiger partial charge in [-0.15, -0.1) is 0 Å². The summed E-state index contributed by atoms with van der Waals surface area (Å²) in [5, 5.41) is 4.72. The largest absolute Gasteiger partial charge is 0.496 e. The van der Waals surface area contributed by atoms with Crippen LogP contribution in [0.25, 0.3) is 11.1 Å². The van der Waals surface area contributed by atoms with E-state index in [9.17, 15) is 22.8 Å². The van der Waals surface area contributed by atoms with Crippen LogP contribution in [0.5, 0.6) is 5.75 Å². The topological polar surface area (TPSA) is 67.4 Å². The number of methoxy groups -OCH3 is 1. The summed E-state index contributed by atoms with van der Waals surface area (Å²) >= 11 is 5.94. The minimum Gasteiger partial charge on any atom is -0.496 e. The van der Waals surface area contributed by atoms with Crippen LogP contribution in [0, 0.1) is 0 Å². The van der Waals surface area contributed by atoms with Crippen molar-refractivity contribution in [3.8, 4) is 16.9 Å².